The Bertz CT molecular complexity index is 451. The van der Waals surface area contributed by atoms with Gasteiger partial charge in [-0.25, -0.2) is 4.98 Å². The summed E-state index contributed by atoms with van der Waals surface area (Å²) in [7, 11) is -0.634. The molecule has 1 aromatic heterocycles. The van der Waals surface area contributed by atoms with Crippen LogP contribution in [-0.2, 0) is 22.8 Å². The van der Waals surface area contributed by atoms with Gasteiger partial charge in [-0.3, -0.25) is 9.11 Å². The standard InChI is InChI=1S/C14H24N2OS2/c1-11-8-16(5-6-19(17)10-11)9-13-15-7-12(18-13)14(2,3)4/h7,11H,5-6,8-10H2,1-4H3/t11-,19+/m1/s1. The summed E-state index contributed by atoms with van der Waals surface area (Å²) < 4.78 is 11.7. The normalized spacial score (nSPS) is 26.3. The summed E-state index contributed by atoms with van der Waals surface area (Å²) in [5, 5.41) is 1.19. The second-order valence-corrected chi connectivity index (χ2v) is 9.26. The van der Waals surface area contributed by atoms with Crippen molar-refractivity contribution in [2.24, 2.45) is 5.92 Å². The Labute approximate surface area is 122 Å². The van der Waals surface area contributed by atoms with E-state index in [0.29, 0.717) is 5.92 Å². The Kier molecular flexibility index (Phi) is 4.79. The fourth-order valence-corrected chi connectivity index (χ4v) is 4.67. The van der Waals surface area contributed by atoms with Gasteiger partial charge in [-0.2, -0.15) is 0 Å². The lowest BCUT2D eigenvalue weighted by molar-refractivity contribution is 0.256. The van der Waals surface area contributed by atoms with Crippen molar-refractivity contribution >= 4 is 22.1 Å². The number of hydrogen-bond acceptors (Lipinski definition) is 4. The van der Waals surface area contributed by atoms with Crippen LogP contribution < -0.4 is 0 Å². The van der Waals surface area contributed by atoms with E-state index in [1.807, 2.05) is 17.5 Å². The van der Waals surface area contributed by atoms with Crippen LogP contribution in [0.3, 0.4) is 0 Å². The smallest absolute Gasteiger partial charge is 0.107 e. The molecule has 1 aliphatic rings. The van der Waals surface area contributed by atoms with Gasteiger partial charge in [0.05, 0.1) is 6.54 Å². The summed E-state index contributed by atoms with van der Waals surface area (Å²) in [6, 6.07) is 0. The molecule has 108 valence electrons. The molecular formula is C14H24N2OS2. The molecule has 0 N–H and O–H groups in total. The molecule has 0 spiro atoms. The van der Waals surface area contributed by atoms with Gasteiger partial charge < -0.3 is 0 Å². The van der Waals surface area contributed by atoms with E-state index in [2.05, 4.69) is 37.6 Å². The third kappa shape index (κ3) is 4.36. The van der Waals surface area contributed by atoms with E-state index in [-0.39, 0.29) is 5.41 Å². The van der Waals surface area contributed by atoms with E-state index in [0.717, 1.165) is 31.1 Å². The molecule has 0 bridgehead atoms. The molecule has 5 heteroatoms. The summed E-state index contributed by atoms with van der Waals surface area (Å²) in [5.41, 5.74) is 0.184. The van der Waals surface area contributed by atoms with Gasteiger partial charge in [0.15, 0.2) is 0 Å². The van der Waals surface area contributed by atoms with E-state index in [4.69, 9.17) is 0 Å². The summed E-state index contributed by atoms with van der Waals surface area (Å²) in [5.74, 6) is 2.18. The predicted octanol–water partition coefficient (Wildman–Crippen LogP) is 2.64. The van der Waals surface area contributed by atoms with Crippen LogP contribution in [-0.4, -0.2) is 38.7 Å². The highest BCUT2D eigenvalue weighted by Crippen LogP contribution is 2.28. The molecule has 2 atom stereocenters. The van der Waals surface area contributed by atoms with E-state index in [1.165, 1.54) is 9.88 Å². The van der Waals surface area contributed by atoms with Gasteiger partial charge in [-0.1, -0.05) is 27.7 Å². The van der Waals surface area contributed by atoms with Crippen LogP contribution in [0.4, 0.5) is 0 Å². The van der Waals surface area contributed by atoms with Crippen molar-refractivity contribution in [3.05, 3.63) is 16.1 Å². The molecule has 1 aromatic rings. The highest BCUT2D eigenvalue weighted by molar-refractivity contribution is 7.85. The molecular weight excluding hydrogens is 276 g/mol. The Morgan fingerprint density at radius 1 is 1.53 bits per heavy atom. The van der Waals surface area contributed by atoms with Crippen molar-refractivity contribution in [2.75, 3.05) is 24.6 Å². The van der Waals surface area contributed by atoms with E-state index < -0.39 is 10.8 Å². The summed E-state index contributed by atoms with van der Waals surface area (Å²) in [6.07, 6.45) is 2.01. The molecule has 2 heterocycles. The topological polar surface area (TPSA) is 33.2 Å². The van der Waals surface area contributed by atoms with Gasteiger partial charge in [-0.05, 0) is 11.3 Å². The average molecular weight is 300 g/mol. The Hall–Kier alpha value is -0.260. The maximum atomic E-state index is 11.7. The average Bonchev–Trinajstić information content (AvgIpc) is 2.67. The first-order valence-corrected chi connectivity index (χ1v) is 9.17. The maximum absolute atomic E-state index is 11.7. The molecule has 19 heavy (non-hydrogen) atoms. The van der Waals surface area contributed by atoms with Gasteiger partial charge in [-0.15, -0.1) is 11.3 Å². The number of hydrogen-bond donors (Lipinski definition) is 0. The number of nitrogens with zero attached hydrogens (tertiary/aromatic N) is 2. The van der Waals surface area contributed by atoms with Crippen LogP contribution >= 0.6 is 11.3 Å². The first-order valence-electron chi connectivity index (χ1n) is 6.87. The second kappa shape index (κ2) is 6.02. The third-order valence-corrected chi connectivity index (χ3v) is 6.31. The lowest BCUT2D eigenvalue weighted by Gasteiger charge is -2.20. The third-order valence-electron chi connectivity index (χ3n) is 3.33. The highest BCUT2D eigenvalue weighted by Gasteiger charge is 2.21. The fraction of sp³-hybridized carbons (Fsp3) is 0.786. The molecule has 0 amide bonds. The van der Waals surface area contributed by atoms with Crippen LogP contribution in [0.1, 0.15) is 37.6 Å². The number of rotatable bonds is 2. The first kappa shape index (κ1) is 15.1. The van der Waals surface area contributed by atoms with E-state index >= 15 is 0 Å². The summed E-state index contributed by atoms with van der Waals surface area (Å²) in [6.45, 7) is 11.7. The zero-order chi connectivity index (χ0) is 14.0. The fourth-order valence-electron chi connectivity index (χ4n) is 2.28. The zero-order valence-electron chi connectivity index (χ0n) is 12.3. The molecule has 0 aromatic carbocycles. The van der Waals surface area contributed by atoms with Gasteiger partial charge in [0.25, 0.3) is 0 Å². The van der Waals surface area contributed by atoms with Crippen molar-refractivity contribution in [3.8, 4) is 0 Å². The van der Waals surface area contributed by atoms with Crippen LogP contribution in [0.15, 0.2) is 6.20 Å². The van der Waals surface area contributed by atoms with Crippen LogP contribution in [0, 0.1) is 5.92 Å². The molecule has 3 nitrogen and oxygen atoms in total. The molecule has 0 saturated carbocycles. The van der Waals surface area contributed by atoms with Crippen molar-refractivity contribution in [2.45, 2.75) is 39.7 Å². The van der Waals surface area contributed by atoms with Crippen LogP contribution in [0.25, 0.3) is 0 Å². The van der Waals surface area contributed by atoms with Crippen molar-refractivity contribution in [1.82, 2.24) is 9.88 Å². The molecule has 2 rings (SSSR count). The zero-order valence-corrected chi connectivity index (χ0v) is 13.9. The molecule has 0 radical (unpaired) electrons. The molecule has 0 unspecified atom stereocenters. The van der Waals surface area contributed by atoms with Crippen molar-refractivity contribution < 1.29 is 4.21 Å². The largest absolute Gasteiger partial charge is 0.295 e. The molecule has 1 aliphatic heterocycles. The lowest BCUT2D eigenvalue weighted by Crippen LogP contribution is -2.28. The van der Waals surface area contributed by atoms with E-state index in [9.17, 15) is 4.21 Å². The number of aromatic nitrogens is 1. The summed E-state index contributed by atoms with van der Waals surface area (Å²) >= 11 is 1.81. The molecule has 1 fully saturated rings. The monoisotopic (exact) mass is 300 g/mol. The summed E-state index contributed by atoms with van der Waals surface area (Å²) in [4.78, 5) is 8.30. The highest BCUT2D eigenvalue weighted by atomic mass is 32.2. The van der Waals surface area contributed by atoms with Gasteiger partial charge >= 0.3 is 0 Å². The Morgan fingerprint density at radius 3 is 2.89 bits per heavy atom. The quantitative estimate of drug-likeness (QED) is 0.842. The van der Waals surface area contributed by atoms with Crippen molar-refractivity contribution in [1.29, 1.82) is 0 Å². The van der Waals surface area contributed by atoms with Gasteiger partial charge in [0.1, 0.15) is 5.01 Å². The Balaban J connectivity index is 2.00. The maximum Gasteiger partial charge on any atom is 0.107 e. The predicted molar refractivity (Wildman–Crippen MR) is 83.1 cm³/mol. The van der Waals surface area contributed by atoms with Crippen LogP contribution in [0.5, 0.6) is 0 Å². The van der Waals surface area contributed by atoms with Crippen LogP contribution in [0.2, 0.25) is 0 Å². The van der Waals surface area contributed by atoms with Crippen molar-refractivity contribution in [3.63, 3.8) is 0 Å². The lowest BCUT2D eigenvalue weighted by atomic mass is 9.96. The minimum Gasteiger partial charge on any atom is -0.295 e. The second-order valence-electron chi connectivity index (χ2n) is 6.52. The molecule has 0 aliphatic carbocycles. The van der Waals surface area contributed by atoms with Gasteiger partial charge in [0.2, 0.25) is 0 Å². The number of thiazole rings is 1. The first-order chi connectivity index (χ1) is 8.84. The minimum atomic E-state index is -0.634. The van der Waals surface area contributed by atoms with E-state index in [1.54, 1.807) is 0 Å². The van der Waals surface area contributed by atoms with Gasteiger partial charge in [0, 0.05) is 46.5 Å². The Morgan fingerprint density at radius 2 is 2.26 bits per heavy atom. The SMILES string of the molecule is C[C@@H]1CN(Cc2ncc(C(C)(C)C)s2)CC[S@](=O)C1. The molecule has 1 saturated heterocycles. The minimum absolute atomic E-state index is 0.184.